The Kier molecular flexibility index (Phi) is 7.51. The molecule has 0 bridgehead atoms. The highest BCUT2D eigenvalue weighted by Crippen LogP contribution is 1.89. The Balaban J connectivity index is 3.27. The van der Waals surface area contributed by atoms with E-state index >= 15 is 0 Å². The summed E-state index contributed by atoms with van der Waals surface area (Å²) in [4.78, 5) is 4.62. The Morgan fingerprint density at radius 1 is 0.750 bits per heavy atom. The average Bonchev–Trinajstić information content (AvgIpc) is 2.02. The zero-order valence-corrected chi connectivity index (χ0v) is 8.55. The fraction of sp³-hybridized carbons (Fsp3) is 0.800. The first kappa shape index (κ1) is 11.9. The van der Waals surface area contributed by atoms with Crippen molar-refractivity contribution < 1.29 is 0 Å². The van der Waals surface area contributed by atoms with Gasteiger partial charge in [-0.25, -0.2) is 0 Å². The SMILES string of the molecule is [CH2]CCN(C)CCN(C)CC[CH2]. The van der Waals surface area contributed by atoms with Crippen molar-refractivity contribution in [2.45, 2.75) is 12.8 Å². The molecule has 0 fully saturated rings. The molecule has 0 atom stereocenters. The van der Waals surface area contributed by atoms with Gasteiger partial charge in [-0.3, -0.25) is 0 Å². The minimum atomic E-state index is 0.996. The van der Waals surface area contributed by atoms with Crippen LogP contribution in [0.2, 0.25) is 0 Å². The number of likely N-dealkylation sites (N-methyl/N-ethyl adjacent to an activating group) is 2. The van der Waals surface area contributed by atoms with E-state index in [1.54, 1.807) is 0 Å². The van der Waals surface area contributed by atoms with Crippen LogP contribution in [0.4, 0.5) is 0 Å². The predicted molar refractivity (Wildman–Crippen MR) is 54.9 cm³/mol. The second kappa shape index (κ2) is 7.56. The van der Waals surface area contributed by atoms with Crippen molar-refractivity contribution in [3.8, 4) is 0 Å². The molecule has 2 radical (unpaired) electrons. The van der Waals surface area contributed by atoms with Crippen molar-refractivity contribution in [2.75, 3.05) is 40.3 Å². The molecule has 0 amide bonds. The van der Waals surface area contributed by atoms with Crippen molar-refractivity contribution in [1.82, 2.24) is 9.80 Å². The Hall–Kier alpha value is -0.0800. The van der Waals surface area contributed by atoms with Gasteiger partial charge in [0.2, 0.25) is 0 Å². The van der Waals surface area contributed by atoms with Gasteiger partial charge in [-0.1, -0.05) is 13.8 Å². The lowest BCUT2D eigenvalue weighted by Gasteiger charge is -2.20. The molecule has 0 rings (SSSR count). The molecule has 0 aromatic carbocycles. The maximum Gasteiger partial charge on any atom is 0.0106 e. The van der Waals surface area contributed by atoms with Crippen LogP contribution in [0, 0.1) is 13.8 Å². The Morgan fingerprint density at radius 2 is 1.08 bits per heavy atom. The molecule has 2 nitrogen and oxygen atoms in total. The molecule has 2 heteroatoms. The van der Waals surface area contributed by atoms with Gasteiger partial charge in [0.15, 0.2) is 0 Å². The number of nitrogens with zero attached hydrogens (tertiary/aromatic N) is 2. The summed E-state index contributed by atoms with van der Waals surface area (Å²) in [5.74, 6) is 0. The van der Waals surface area contributed by atoms with Gasteiger partial charge in [0.1, 0.15) is 0 Å². The molecule has 0 aromatic heterocycles. The van der Waals surface area contributed by atoms with Gasteiger partial charge in [0.25, 0.3) is 0 Å². The van der Waals surface area contributed by atoms with Crippen LogP contribution in [0.15, 0.2) is 0 Å². The van der Waals surface area contributed by atoms with Crippen molar-refractivity contribution in [1.29, 1.82) is 0 Å². The minimum Gasteiger partial charge on any atom is -0.305 e. The van der Waals surface area contributed by atoms with Crippen LogP contribution in [-0.2, 0) is 0 Å². The second-order valence-corrected chi connectivity index (χ2v) is 3.31. The van der Waals surface area contributed by atoms with E-state index in [0.717, 1.165) is 39.0 Å². The van der Waals surface area contributed by atoms with Crippen molar-refractivity contribution in [3.63, 3.8) is 0 Å². The van der Waals surface area contributed by atoms with Crippen molar-refractivity contribution >= 4 is 0 Å². The van der Waals surface area contributed by atoms with E-state index in [0.29, 0.717) is 0 Å². The molecule has 12 heavy (non-hydrogen) atoms. The molecule has 0 saturated heterocycles. The van der Waals surface area contributed by atoms with Crippen molar-refractivity contribution in [3.05, 3.63) is 13.8 Å². The Bertz CT molecular complexity index is 81.8. The van der Waals surface area contributed by atoms with E-state index in [1.165, 1.54) is 0 Å². The van der Waals surface area contributed by atoms with Gasteiger partial charge < -0.3 is 9.80 Å². The normalized spacial score (nSPS) is 11.5. The molecule has 0 aliphatic heterocycles. The number of hydrogen-bond acceptors (Lipinski definition) is 2. The molecular formula is C10H22N2. The van der Waals surface area contributed by atoms with Crippen LogP contribution < -0.4 is 0 Å². The number of rotatable bonds is 7. The fourth-order valence-electron chi connectivity index (χ4n) is 1.10. The maximum absolute atomic E-state index is 3.82. The average molecular weight is 170 g/mol. The van der Waals surface area contributed by atoms with Gasteiger partial charge >= 0.3 is 0 Å². The third kappa shape index (κ3) is 6.62. The molecule has 72 valence electrons. The standard InChI is InChI=1S/C10H22N2/c1-5-7-11(3)9-10-12(4)8-6-2/h1-2,5-10H2,3-4H3. The van der Waals surface area contributed by atoms with Gasteiger partial charge in [-0.2, -0.15) is 0 Å². The Morgan fingerprint density at radius 3 is 1.33 bits per heavy atom. The highest BCUT2D eigenvalue weighted by Gasteiger charge is 1.99. The van der Waals surface area contributed by atoms with E-state index in [9.17, 15) is 0 Å². The minimum absolute atomic E-state index is 0.996. The lowest BCUT2D eigenvalue weighted by Crippen LogP contribution is -2.31. The van der Waals surface area contributed by atoms with Crippen LogP contribution in [0.1, 0.15) is 12.8 Å². The molecule has 0 heterocycles. The summed E-state index contributed by atoms with van der Waals surface area (Å²) in [6.07, 6.45) is 1.99. The van der Waals surface area contributed by atoms with Crippen LogP contribution >= 0.6 is 0 Å². The lowest BCUT2D eigenvalue weighted by atomic mass is 10.4. The first-order valence-corrected chi connectivity index (χ1v) is 4.66. The smallest absolute Gasteiger partial charge is 0.0106 e. The summed E-state index contributed by atoms with van der Waals surface area (Å²) in [7, 11) is 4.28. The molecule has 0 aliphatic carbocycles. The monoisotopic (exact) mass is 170 g/mol. The second-order valence-electron chi connectivity index (χ2n) is 3.31. The summed E-state index contributed by atoms with van der Waals surface area (Å²) in [6, 6.07) is 0. The highest BCUT2D eigenvalue weighted by atomic mass is 15.2. The quantitative estimate of drug-likeness (QED) is 0.568. The molecule has 0 saturated carbocycles. The fourth-order valence-corrected chi connectivity index (χ4v) is 1.10. The summed E-state index contributed by atoms with van der Waals surface area (Å²) >= 11 is 0. The summed E-state index contributed by atoms with van der Waals surface area (Å²) < 4.78 is 0. The molecule has 0 unspecified atom stereocenters. The topological polar surface area (TPSA) is 6.48 Å². The first-order valence-electron chi connectivity index (χ1n) is 4.66. The van der Waals surface area contributed by atoms with E-state index < -0.39 is 0 Å². The van der Waals surface area contributed by atoms with Gasteiger partial charge in [0.05, 0.1) is 0 Å². The van der Waals surface area contributed by atoms with Crippen LogP contribution in [-0.4, -0.2) is 50.1 Å². The third-order valence-electron chi connectivity index (χ3n) is 1.94. The number of hydrogen-bond donors (Lipinski definition) is 0. The van der Waals surface area contributed by atoms with E-state index in [-0.39, 0.29) is 0 Å². The molecule has 0 N–H and O–H groups in total. The van der Waals surface area contributed by atoms with E-state index in [1.807, 2.05) is 0 Å². The van der Waals surface area contributed by atoms with Crippen molar-refractivity contribution in [2.24, 2.45) is 0 Å². The Labute approximate surface area is 77.5 Å². The zero-order chi connectivity index (χ0) is 9.40. The summed E-state index contributed by atoms with van der Waals surface area (Å²) in [5.41, 5.74) is 0. The van der Waals surface area contributed by atoms with E-state index in [4.69, 9.17) is 0 Å². The zero-order valence-electron chi connectivity index (χ0n) is 8.55. The van der Waals surface area contributed by atoms with Crippen LogP contribution in [0.25, 0.3) is 0 Å². The lowest BCUT2D eigenvalue weighted by molar-refractivity contribution is 0.261. The maximum atomic E-state index is 3.82. The third-order valence-corrected chi connectivity index (χ3v) is 1.94. The highest BCUT2D eigenvalue weighted by molar-refractivity contribution is 4.58. The van der Waals surface area contributed by atoms with Crippen LogP contribution in [0.5, 0.6) is 0 Å². The molecule has 0 aliphatic rings. The summed E-state index contributed by atoms with van der Waals surface area (Å²) in [6.45, 7) is 12.1. The predicted octanol–water partition coefficient (Wildman–Crippen LogP) is 1.30. The largest absolute Gasteiger partial charge is 0.305 e. The van der Waals surface area contributed by atoms with Gasteiger partial charge in [-0.15, -0.1) is 0 Å². The molecule has 0 aromatic rings. The summed E-state index contributed by atoms with van der Waals surface area (Å²) in [5, 5.41) is 0. The molecular weight excluding hydrogens is 148 g/mol. The van der Waals surface area contributed by atoms with Crippen LogP contribution in [0.3, 0.4) is 0 Å². The van der Waals surface area contributed by atoms with Gasteiger partial charge in [0, 0.05) is 13.1 Å². The molecule has 0 spiro atoms. The van der Waals surface area contributed by atoms with E-state index in [2.05, 4.69) is 37.7 Å². The van der Waals surface area contributed by atoms with Gasteiger partial charge in [-0.05, 0) is 40.0 Å². The first-order chi connectivity index (χ1) is 5.70.